The maximum Gasteiger partial charge on any atom is 0.253 e. The Morgan fingerprint density at radius 3 is 2.96 bits per heavy atom. The molecule has 0 radical (unpaired) electrons. The monoisotopic (exact) mass is 403 g/mol. The van der Waals surface area contributed by atoms with Crippen molar-refractivity contribution in [3.05, 3.63) is 64.2 Å². The maximum atomic E-state index is 16.5. The Hall–Kier alpha value is -2.05. The van der Waals surface area contributed by atoms with E-state index in [1.807, 2.05) is 0 Å². The lowest BCUT2D eigenvalue weighted by Gasteiger charge is -2.36. The molecule has 1 aromatic carbocycles. The number of amides is 1. The first-order valence-corrected chi connectivity index (χ1v) is 8.20. The van der Waals surface area contributed by atoms with Crippen LogP contribution < -0.4 is 5.32 Å². The molecule has 1 N–H and O–H groups in total. The minimum absolute atomic E-state index is 0.215. The van der Waals surface area contributed by atoms with Gasteiger partial charge in [0.1, 0.15) is 11.5 Å². The highest BCUT2D eigenvalue weighted by Gasteiger charge is 2.35. The third kappa shape index (κ3) is 5.02. The molecule has 4 nitrogen and oxygen atoms in total. The van der Waals surface area contributed by atoms with E-state index in [1.54, 1.807) is 12.2 Å². The molecule has 1 aliphatic heterocycles. The molecule has 144 valence electrons. The number of nitrogens with zero attached hydrogens (tertiary/aromatic N) is 2. The Morgan fingerprint density at radius 2 is 2.26 bits per heavy atom. The normalized spacial score (nSPS) is 32.1. The lowest BCUT2D eigenvalue weighted by molar-refractivity contribution is 0.0434. The van der Waals surface area contributed by atoms with Gasteiger partial charge in [-0.2, -0.15) is 0 Å². The summed E-state index contributed by atoms with van der Waals surface area (Å²) >= 11 is 5.65. The van der Waals surface area contributed by atoms with Crippen molar-refractivity contribution in [3.8, 4) is 0 Å². The highest BCUT2D eigenvalue weighted by Crippen LogP contribution is 2.27. The fraction of sp³-hybridized carbons (Fsp3) is 0.400. The van der Waals surface area contributed by atoms with Crippen LogP contribution in [0.15, 0.2) is 36.5 Å². The molecule has 2 heterocycles. The molecule has 1 unspecified atom stereocenters. The molecule has 1 fully saturated rings. The summed E-state index contributed by atoms with van der Waals surface area (Å²) < 4.78 is 112. The van der Waals surface area contributed by atoms with E-state index in [2.05, 4.69) is 4.98 Å². The number of pyridine rings is 1. The summed E-state index contributed by atoms with van der Waals surface area (Å²) in [6.45, 7) is -12.1. The minimum Gasteiger partial charge on any atom is -0.338 e. The zero-order valence-corrected chi connectivity index (χ0v) is 14.9. The second-order valence-corrected chi connectivity index (χ2v) is 6.15. The number of benzene rings is 1. The van der Waals surface area contributed by atoms with Crippen LogP contribution in [0.2, 0.25) is 5.02 Å². The van der Waals surface area contributed by atoms with E-state index in [0.717, 1.165) is 18.2 Å². The van der Waals surface area contributed by atoms with Crippen molar-refractivity contribution in [1.82, 2.24) is 15.2 Å². The van der Waals surface area contributed by atoms with Gasteiger partial charge in [0.05, 0.1) is 10.7 Å². The molecule has 0 spiro atoms. The van der Waals surface area contributed by atoms with Gasteiger partial charge in [-0.3, -0.25) is 9.78 Å². The van der Waals surface area contributed by atoms with Gasteiger partial charge in [0.15, 0.2) is 0 Å². The maximum absolute atomic E-state index is 16.5. The van der Waals surface area contributed by atoms with Gasteiger partial charge < -0.3 is 10.2 Å². The van der Waals surface area contributed by atoms with Crippen LogP contribution in [-0.2, 0) is 6.50 Å². The Labute approximate surface area is 176 Å². The van der Waals surface area contributed by atoms with E-state index < -0.39 is 72.5 Å². The van der Waals surface area contributed by atoms with E-state index in [-0.39, 0.29) is 4.90 Å². The summed E-state index contributed by atoms with van der Waals surface area (Å²) in [5.41, 5.74) is -4.34. The van der Waals surface area contributed by atoms with Crippen LogP contribution >= 0.6 is 11.6 Å². The van der Waals surface area contributed by atoms with E-state index in [9.17, 15) is 9.18 Å². The zero-order chi connectivity index (χ0) is 28.4. The van der Waals surface area contributed by atoms with E-state index in [4.69, 9.17) is 25.3 Å². The van der Waals surface area contributed by atoms with Crippen molar-refractivity contribution in [2.24, 2.45) is 0 Å². The van der Waals surface area contributed by atoms with Gasteiger partial charge in [-0.15, -0.1) is 0 Å². The molecule has 1 atom stereocenters. The minimum atomic E-state index is -4.07. The third-order valence-corrected chi connectivity index (χ3v) is 3.87. The number of aryl methyl sites for hydroxylation is 1. The highest BCUT2D eigenvalue weighted by molar-refractivity contribution is 6.31. The molecule has 1 amide bonds. The number of hydrogen-bond acceptors (Lipinski definition) is 3. The van der Waals surface area contributed by atoms with Crippen LogP contribution in [0.3, 0.4) is 0 Å². The Bertz CT molecular complexity index is 1220. The Kier molecular flexibility index (Phi) is 3.23. The topological polar surface area (TPSA) is 45.2 Å². The smallest absolute Gasteiger partial charge is 0.253 e. The summed E-state index contributed by atoms with van der Waals surface area (Å²) in [6, 6.07) is 5.01. The molecular weight excluding hydrogens is 372 g/mol. The molecule has 0 saturated carbocycles. The van der Waals surface area contributed by atoms with E-state index >= 15 is 4.39 Å². The van der Waals surface area contributed by atoms with Crippen molar-refractivity contribution >= 4 is 17.5 Å². The van der Waals surface area contributed by atoms with Crippen LogP contribution in [-0.4, -0.2) is 41.0 Å². The van der Waals surface area contributed by atoms with Gasteiger partial charge in [0.25, 0.3) is 5.91 Å². The summed E-state index contributed by atoms with van der Waals surface area (Å²) in [5, 5.41) is 1.14. The van der Waals surface area contributed by atoms with Crippen LogP contribution in [0, 0.1) is 12.7 Å². The zero-order valence-electron chi connectivity index (χ0n) is 24.1. The van der Waals surface area contributed by atoms with Crippen molar-refractivity contribution in [3.63, 3.8) is 0 Å². The van der Waals surface area contributed by atoms with E-state index in [1.165, 1.54) is 18.3 Å². The van der Waals surface area contributed by atoms with Crippen LogP contribution in [0.4, 0.5) is 8.78 Å². The number of hydrogen-bond donors (Lipinski definition) is 1. The number of likely N-dealkylation sites (tertiary alicyclic amines) is 1. The van der Waals surface area contributed by atoms with Crippen LogP contribution in [0.25, 0.3) is 0 Å². The number of carbonyl (C=O) groups is 1. The first-order valence-electron chi connectivity index (χ1n) is 12.8. The number of nitrogens with one attached hydrogen (secondary N) is 1. The molecule has 0 aliphatic carbocycles. The van der Waals surface area contributed by atoms with Gasteiger partial charge in [-0.25, -0.2) is 8.78 Å². The number of piperidine rings is 1. The van der Waals surface area contributed by atoms with E-state index in [0.29, 0.717) is 5.56 Å². The largest absolute Gasteiger partial charge is 0.338 e. The summed E-state index contributed by atoms with van der Waals surface area (Å²) in [6.07, 6.45) is -4.42. The first-order chi connectivity index (χ1) is 16.6. The van der Waals surface area contributed by atoms with Crippen LogP contribution in [0.5, 0.6) is 0 Å². The SMILES string of the molecule is [2H]C([2H])(NC([2H])([2H])C1(F)CC([2H])([2H])N(C(=O)c2ccc(F)c(Cl)c2)C([2H])([2H])C1([2H])[2H])c1ccc(C)cn1. The molecule has 1 aromatic heterocycles. The molecule has 1 saturated heterocycles. The fourth-order valence-electron chi connectivity index (χ4n) is 2.11. The van der Waals surface area contributed by atoms with Crippen molar-refractivity contribution in [1.29, 1.82) is 0 Å². The molecule has 2 aromatic rings. The number of carbonyl (C=O) groups excluding carboxylic acids is 1. The average molecular weight is 404 g/mol. The Morgan fingerprint density at radius 1 is 1.44 bits per heavy atom. The predicted molar refractivity (Wildman–Crippen MR) is 101 cm³/mol. The second-order valence-electron chi connectivity index (χ2n) is 5.74. The molecule has 3 rings (SSSR count). The molecular formula is C20H22ClF2N3O. The van der Waals surface area contributed by atoms with Gasteiger partial charge >= 0.3 is 0 Å². The molecule has 1 aliphatic rings. The van der Waals surface area contributed by atoms with Crippen LogP contribution in [0.1, 0.15) is 48.1 Å². The number of alkyl halides is 1. The first kappa shape index (κ1) is 10.5. The van der Waals surface area contributed by atoms with Gasteiger partial charge in [0, 0.05) is 64.2 Å². The standard InChI is InChI=1S/C20H22ClF2N3O/c1-14-2-4-16(25-11-14)12-24-13-20(23)6-8-26(9-7-20)19(27)15-3-5-18(22)17(21)10-15/h2-5,10-11,24H,6-9,12-13H2,1H3/i6D2,8D2,9D2,12D2,13D2. The van der Waals surface area contributed by atoms with Gasteiger partial charge in [0.2, 0.25) is 0 Å². The van der Waals surface area contributed by atoms with Gasteiger partial charge in [-0.1, -0.05) is 17.7 Å². The van der Waals surface area contributed by atoms with Gasteiger partial charge in [-0.05, 0) is 36.8 Å². The summed E-state index contributed by atoms with van der Waals surface area (Å²) in [4.78, 5) is 16.7. The van der Waals surface area contributed by atoms with Crippen molar-refractivity contribution < 1.29 is 27.3 Å². The summed E-state index contributed by atoms with van der Waals surface area (Å²) in [5.74, 6) is -2.42. The molecule has 0 bridgehead atoms. The number of rotatable bonds is 5. The lowest BCUT2D eigenvalue weighted by atomic mass is 9.92. The number of halogens is 3. The average Bonchev–Trinajstić information content (AvgIpc) is 2.73. The molecule has 7 heteroatoms. The summed E-state index contributed by atoms with van der Waals surface area (Å²) in [7, 11) is 0. The quantitative estimate of drug-likeness (QED) is 0.823. The van der Waals surface area contributed by atoms with Crippen molar-refractivity contribution in [2.75, 3.05) is 19.5 Å². The predicted octanol–water partition coefficient (Wildman–Crippen LogP) is 3.92. The van der Waals surface area contributed by atoms with Crippen molar-refractivity contribution in [2.45, 2.75) is 31.9 Å². The fourth-order valence-corrected chi connectivity index (χ4v) is 2.29. The second kappa shape index (κ2) is 8.31. The highest BCUT2D eigenvalue weighted by atomic mass is 35.5. The third-order valence-electron chi connectivity index (χ3n) is 3.58. The Balaban J connectivity index is 2.07. The molecule has 27 heavy (non-hydrogen) atoms. The number of aromatic nitrogens is 1. The lowest BCUT2D eigenvalue weighted by Crippen LogP contribution is -2.48.